The van der Waals surface area contributed by atoms with Crippen molar-refractivity contribution in [3.05, 3.63) is 71.8 Å². The maximum Gasteiger partial charge on any atom is 0.0827 e. The molecule has 0 bridgehead atoms. The highest BCUT2D eigenvalue weighted by Crippen LogP contribution is 2.47. The Bertz CT molecular complexity index is 723. The fourth-order valence-corrected chi connectivity index (χ4v) is 4.33. The zero-order valence-electron chi connectivity index (χ0n) is 15.0. The Morgan fingerprint density at radius 2 is 1.68 bits per heavy atom. The number of aliphatic hydroxyl groups is 1. The second-order valence-electron chi connectivity index (χ2n) is 7.35. The predicted molar refractivity (Wildman–Crippen MR) is 100.0 cm³/mol. The quantitative estimate of drug-likeness (QED) is 0.922. The molecular weight excluding hydrogens is 308 g/mol. The summed E-state index contributed by atoms with van der Waals surface area (Å²) < 4.78 is 0. The minimum Gasteiger partial charge on any atom is -0.393 e. The molecule has 0 saturated heterocycles. The summed E-state index contributed by atoms with van der Waals surface area (Å²) in [6, 6.07) is 23.1. The minimum absolute atomic E-state index is 0.0195. The molecule has 1 N–H and O–H groups in total. The summed E-state index contributed by atoms with van der Waals surface area (Å²) in [7, 11) is 4.10. The van der Waals surface area contributed by atoms with Crippen molar-refractivity contribution < 1.29 is 5.11 Å². The van der Waals surface area contributed by atoms with Crippen molar-refractivity contribution in [2.24, 2.45) is 5.92 Å². The number of rotatable bonds is 4. The highest BCUT2D eigenvalue weighted by Gasteiger charge is 2.45. The second-order valence-corrected chi connectivity index (χ2v) is 7.35. The zero-order valence-corrected chi connectivity index (χ0v) is 15.0. The highest BCUT2D eigenvalue weighted by molar-refractivity contribution is 5.34. The summed E-state index contributed by atoms with van der Waals surface area (Å²) in [4.78, 5) is 2.17. The second kappa shape index (κ2) is 7.39. The van der Waals surface area contributed by atoms with E-state index in [-0.39, 0.29) is 12.0 Å². The van der Waals surface area contributed by atoms with Gasteiger partial charge in [-0.3, -0.25) is 0 Å². The van der Waals surface area contributed by atoms with Gasteiger partial charge in [-0.05, 0) is 44.5 Å². The molecule has 1 fully saturated rings. The zero-order chi connectivity index (χ0) is 17.9. The SMILES string of the molecule is CN(C)[C@@H](c1ccccc1)[C@H]1C[C@@](C#N)(c2ccccc2)CC[C@@H]1O. The maximum absolute atomic E-state index is 10.8. The lowest BCUT2D eigenvalue weighted by Gasteiger charge is -2.44. The molecule has 0 aliphatic heterocycles. The van der Waals surface area contributed by atoms with E-state index in [1.54, 1.807) is 0 Å². The van der Waals surface area contributed by atoms with Crippen LogP contribution in [-0.4, -0.2) is 30.2 Å². The van der Waals surface area contributed by atoms with Gasteiger partial charge in [0.15, 0.2) is 0 Å². The number of nitriles is 1. The fourth-order valence-electron chi connectivity index (χ4n) is 4.33. The Kier molecular flexibility index (Phi) is 5.22. The summed E-state index contributed by atoms with van der Waals surface area (Å²) in [6.07, 6.45) is 1.65. The van der Waals surface area contributed by atoms with Crippen LogP contribution < -0.4 is 0 Å². The molecule has 0 spiro atoms. The van der Waals surface area contributed by atoms with Crippen LogP contribution in [0.25, 0.3) is 0 Å². The molecule has 1 saturated carbocycles. The third-order valence-corrected chi connectivity index (χ3v) is 5.59. The third kappa shape index (κ3) is 3.46. The summed E-state index contributed by atoms with van der Waals surface area (Å²) in [5.74, 6) is 0.0195. The van der Waals surface area contributed by atoms with Crippen molar-refractivity contribution in [1.82, 2.24) is 4.90 Å². The van der Waals surface area contributed by atoms with E-state index in [1.165, 1.54) is 5.56 Å². The smallest absolute Gasteiger partial charge is 0.0827 e. The summed E-state index contributed by atoms with van der Waals surface area (Å²) in [5.41, 5.74) is 1.74. The standard InChI is InChI=1S/C22H26N2O/c1-24(2)21(17-9-5-3-6-10-17)19-15-22(16-23,14-13-20(19)25)18-11-7-4-8-12-18/h3-12,19-21,25H,13-15H2,1-2H3/t19-,20-,21-,22-/m0/s1. The number of nitrogens with zero attached hydrogens (tertiary/aromatic N) is 2. The van der Waals surface area contributed by atoms with Gasteiger partial charge in [0.05, 0.1) is 17.6 Å². The van der Waals surface area contributed by atoms with Crippen LogP contribution in [0.3, 0.4) is 0 Å². The number of hydrogen-bond donors (Lipinski definition) is 1. The summed E-state index contributed by atoms with van der Waals surface area (Å²) in [6.45, 7) is 0. The molecule has 0 heterocycles. The topological polar surface area (TPSA) is 47.3 Å². The molecule has 0 unspecified atom stereocenters. The molecule has 25 heavy (non-hydrogen) atoms. The Morgan fingerprint density at radius 1 is 1.08 bits per heavy atom. The molecule has 2 aromatic rings. The highest BCUT2D eigenvalue weighted by atomic mass is 16.3. The molecular formula is C22H26N2O. The monoisotopic (exact) mass is 334 g/mol. The maximum atomic E-state index is 10.8. The van der Waals surface area contributed by atoms with Gasteiger partial charge in [-0.2, -0.15) is 5.26 Å². The van der Waals surface area contributed by atoms with Gasteiger partial charge in [0.2, 0.25) is 0 Å². The third-order valence-electron chi connectivity index (χ3n) is 5.59. The van der Waals surface area contributed by atoms with Crippen molar-refractivity contribution in [3.63, 3.8) is 0 Å². The summed E-state index contributed by atoms with van der Waals surface area (Å²) in [5, 5.41) is 20.8. The van der Waals surface area contributed by atoms with E-state index in [2.05, 4.69) is 37.2 Å². The average Bonchev–Trinajstić information content (AvgIpc) is 2.65. The molecule has 2 aromatic carbocycles. The predicted octanol–water partition coefficient (Wildman–Crippen LogP) is 3.91. The van der Waals surface area contributed by atoms with Crippen LogP contribution in [0.4, 0.5) is 0 Å². The van der Waals surface area contributed by atoms with E-state index in [0.29, 0.717) is 19.3 Å². The first kappa shape index (κ1) is 17.7. The Labute approximate surface area is 150 Å². The van der Waals surface area contributed by atoms with Gasteiger partial charge in [0.25, 0.3) is 0 Å². The summed E-state index contributed by atoms with van der Waals surface area (Å²) >= 11 is 0. The van der Waals surface area contributed by atoms with Crippen LogP contribution in [0.1, 0.15) is 36.4 Å². The van der Waals surface area contributed by atoms with Crippen LogP contribution in [0, 0.1) is 17.2 Å². The van der Waals surface area contributed by atoms with E-state index in [4.69, 9.17) is 0 Å². The van der Waals surface area contributed by atoms with Gasteiger partial charge in [-0.1, -0.05) is 60.7 Å². The normalized spacial score (nSPS) is 27.6. The van der Waals surface area contributed by atoms with E-state index in [0.717, 1.165) is 5.56 Å². The lowest BCUT2D eigenvalue weighted by Crippen LogP contribution is -2.44. The molecule has 3 rings (SSSR count). The van der Waals surface area contributed by atoms with Crippen molar-refractivity contribution in [1.29, 1.82) is 5.26 Å². The molecule has 0 radical (unpaired) electrons. The number of hydrogen-bond acceptors (Lipinski definition) is 3. The molecule has 3 heteroatoms. The Hall–Kier alpha value is -2.15. The lowest BCUT2D eigenvalue weighted by molar-refractivity contribution is 0.00456. The van der Waals surface area contributed by atoms with Gasteiger partial charge < -0.3 is 10.0 Å². The Morgan fingerprint density at radius 3 is 2.24 bits per heavy atom. The van der Waals surface area contributed by atoms with E-state index in [9.17, 15) is 10.4 Å². The lowest BCUT2D eigenvalue weighted by atomic mass is 9.63. The van der Waals surface area contributed by atoms with Crippen LogP contribution in [0.2, 0.25) is 0 Å². The Balaban J connectivity index is 1.98. The largest absolute Gasteiger partial charge is 0.393 e. The first-order valence-corrected chi connectivity index (χ1v) is 8.93. The van der Waals surface area contributed by atoms with E-state index < -0.39 is 11.5 Å². The van der Waals surface area contributed by atoms with Gasteiger partial charge in [0, 0.05) is 12.0 Å². The van der Waals surface area contributed by atoms with Crippen LogP contribution in [-0.2, 0) is 5.41 Å². The van der Waals surface area contributed by atoms with Crippen molar-refractivity contribution >= 4 is 0 Å². The van der Waals surface area contributed by atoms with Crippen molar-refractivity contribution in [2.45, 2.75) is 36.8 Å². The first-order chi connectivity index (χ1) is 12.1. The van der Waals surface area contributed by atoms with Gasteiger partial charge in [-0.15, -0.1) is 0 Å². The van der Waals surface area contributed by atoms with Crippen LogP contribution in [0.15, 0.2) is 60.7 Å². The molecule has 4 atom stereocenters. The number of benzene rings is 2. The molecule has 3 nitrogen and oxygen atoms in total. The molecule has 0 amide bonds. The van der Waals surface area contributed by atoms with Crippen molar-refractivity contribution in [2.75, 3.05) is 14.1 Å². The fraction of sp³-hybridized carbons (Fsp3) is 0.409. The molecule has 1 aliphatic carbocycles. The molecule has 0 aromatic heterocycles. The van der Waals surface area contributed by atoms with Gasteiger partial charge in [-0.25, -0.2) is 0 Å². The van der Waals surface area contributed by atoms with Gasteiger partial charge in [0.1, 0.15) is 0 Å². The van der Waals surface area contributed by atoms with Crippen molar-refractivity contribution in [3.8, 4) is 6.07 Å². The van der Waals surface area contributed by atoms with Gasteiger partial charge >= 0.3 is 0 Å². The first-order valence-electron chi connectivity index (χ1n) is 8.93. The van der Waals surface area contributed by atoms with E-state index in [1.807, 2.05) is 48.5 Å². The molecule has 130 valence electrons. The van der Waals surface area contributed by atoms with Crippen LogP contribution >= 0.6 is 0 Å². The number of aliphatic hydroxyl groups excluding tert-OH is 1. The van der Waals surface area contributed by atoms with Crippen LogP contribution in [0.5, 0.6) is 0 Å². The minimum atomic E-state index is -0.520. The van der Waals surface area contributed by atoms with E-state index >= 15 is 0 Å². The molecule has 1 aliphatic rings. The average molecular weight is 334 g/mol.